The number of benzene rings is 3. The van der Waals surface area contributed by atoms with Gasteiger partial charge in [-0.2, -0.15) is 5.10 Å². The maximum Gasteiger partial charge on any atom is 0.271 e. The molecular formula is C28H29ClN2O5. The molecule has 1 amide bonds. The van der Waals surface area contributed by atoms with Crippen LogP contribution >= 0.6 is 11.6 Å². The van der Waals surface area contributed by atoms with Crippen molar-refractivity contribution in [2.24, 2.45) is 5.10 Å². The molecule has 0 fully saturated rings. The summed E-state index contributed by atoms with van der Waals surface area (Å²) in [4.78, 5) is 12.6. The first-order valence-corrected chi connectivity index (χ1v) is 11.9. The third-order valence-corrected chi connectivity index (χ3v) is 5.07. The molecule has 8 heteroatoms. The zero-order chi connectivity index (χ0) is 25.8. The van der Waals surface area contributed by atoms with Crippen molar-refractivity contribution in [1.29, 1.82) is 0 Å². The van der Waals surface area contributed by atoms with Gasteiger partial charge in [-0.3, -0.25) is 4.79 Å². The van der Waals surface area contributed by atoms with Crippen LogP contribution in [0.3, 0.4) is 0 Å². The Kier molecular flexibility index (Phi) is 10.2. The number of hydrogen-bond acceptors (Lipinski definition) is 6. The minimum absolute atomic E-state index is 0.338. The highest BCUT2D eigenvalue weighted by molar-refractivity contribution is 6.30. The van der Waals surface area contributed by atoms with E-state index in [-0.39, 0.29) is 5.91 Å². The van der Waals surface area contributed by atoms with Gasteiger partial charge in [-0.25, -0.2) is 5.43 Å². The molecule has 0 heterocycles. The predicted molar refractivity (Wildman–Crippen MR) is 142 cm³/mol. The van der Waals surface area contributed by atoms with E-state index in [9.17, 15) is 4.79 Å². The highest BCUT2D eigenvalue weighted by Gasteiger charge is 2.11. The summed E-state index contributed by atoms with van der Waals surface area (Å²) >= 11 is 5.94. The highest BCUT2D eigenvalue weighted by Crippen LogP contribution is 2.30. The lowest BCUT2D eigenvalue weighted by molar-refractivity contribution is 0.0954. The molecule has 0 bridgehead atoms. The van der Waals surface area contributed by atoms with E-state index >= 15 is 0 Å². The van der Waals surface area contributed by atoms with Crippen LogP contribution in [0.15, 0.2) is 78.4 Å². The molecule has 3 aromatic rings. The van der Waals surface area contributed by atoms with E-state index in [1.165, 1.54) is 6.21 Å². The molecule has 0 atom stereocenters. The average molecular weight is 509 g/mol. The fourth-order valence-corrected chi connectivity index (χ4v) is 3.28. The lowest BCUT2D eigenvalue weighted by Crippen LogP contribution is -2.17. The molecular weight excluding hydrogens is 480 g/mol. The number of rotatable bonds is 13. The van der Waals surface area contributed by atoms with Crippen molar-refractivity contribution in [2.45, 2.75) is 20.5 Å². The van der Waals surface area contributed by atoms with Gasteiger partial charge in [0, 0.05) is 10.6 Å². The van der Waals surface area contributed by atoms with Crippen LogP contribution in [0.4, 0.5) is 0 Å². The van der Waals surface area contributed by atoms with Gasteiger partial charge in [-0.05, 0) is 73.5 Å². The quantitative estimate of drug-likeness (QED) is 0.173. The molecule has 36 heavy (non-hydrogen) atoms. The van der Waals surface area contributed by atoms with Crippen LogP contribution in [0.5, 0.6) is 23.0 Å². The first-order chi connectivity index (χ1) is 17.5. The van der Waals surface area contributed by atoms with Gasteiger partial charge in [0.25, 0.3) is 5.91 Å². The Labute approximate surface area is 216 Å². The molecule has 3 aromatic carbocycles. The topological polar surface area (TPSA) is 78.4 Å². The largest absolute Gasteiger partial charge is 0.490 e. The highest BCUT2D eigenvalue weighted by atomic mass is 35.5. The number of hydrazone groups is 1. The Morgan fingerprint density at radius 2 is 1.56 bits per heavy atom. The Morgan fingerprint density at radius 3 is 2.25 bits per heavy atom. The Morgan fingerprint density at radius 1 is 0.889 bits per heavy atom. The predicted octanol–water partition coefficient (Wildman–Crippen LogP) is 6.05. The second-order valence-corrected chi connectivity index (χ2v) is 7.88. The van der Waals surface area contributed by atoms with Gasteiger partial charge >= 0.3 is 0 Å². The summed E-state index contributed by atoms with van der Waals surface area (Å²) in [7, 11) is 0. The second kappa shape index (κ2) is 13.8. The van der Waals surface area contributed by atoms with Crippen LogP contribution in [0.2, 0.25) is 5.02 Å². The van der Waals surface area contributed by atoms with Gasteiger partial charge in [-0.1, -0.05) is 36.4 Å². The molecule has 0 radical (unpaired) electrons. The van der Waals surface area contributed by atoms with Gasteiger partial charge < -0.3 is 18.9 Å². The molecule has 188 valence electrons. The van der Waals surface area contributed by atoms with E-state index in [2.05, 4.69) is 17.1 Å². The minimum atomic E-state index is -0.379. The second-order valence-electron chi connectivity index (χ2n) is 7.45. The van der Waals surface area contributed by atoms with Gasteiger partial charge in [0.05, 0.1) is 19.4 Å². The smallest absolute Gasteiger partial charge is 0.271 e. The van der Waals surface area contributed by atoms with Crippen molar-refractivity contribution in [3.8, 4) is 23.0 Å². The molecule has 1 N–H and O–H groups in total. The van der Waals surface area contributed by atoms with E-state index in [0.29, 0.717) is 60.0 Å². The third-order valence-electron chi connectivity index (χ3n) is 4.82. The van der Waals surface area contributed by atoms with Crippen molar-refractivity contribution < 1.29 is 23.7 Å². The zero-order valence-corrected chi connectivity index (χ0v) is 21.1. The number of halogens is 1. The third kappa shape index (κ3) is 7.78. The number of nitrogens with zero attached hydrogens (tertiary/aromatic N) is 1. The lowest BCUT2D eigenvalue weighted by atomic mass is 10.2. The van der Waals surface area contributed by atoms with Crippen molar-refractivity contribution in [2.75, 3.05) is 19.8 Å². The van der Waals surface area contributed by atoms with E-state index < -0.39 is 0 Å². The molecule has 0 spiro atoms. The van der Waals surface area contributed by atoms with E-state index in [0.717, 1.165) is 11.1 Å². The summed E-state index contributed by atoms with van der Waals surface area (Å²) in [6.07, 6.45) is 3.18. The molecule has 0 aliphatic rings. The number of nitrogens with one attached hydrogen (secondary N) is 1. The van der Waals surface area contributed by atoms with E-state index in [1.807, 2.05) is 44.2 Å². The molecule has 0 saturated carbocycles. The summed E-state index contributed by atoms with van der Waals surface area (Å²) in [6.45, 7) is 9.02. The van der Waals surface area contributed by atoms with Crippen molar-refractivity contribution >= 4 is 23.7 Å². The SMILES string of the molecule is C=CCOc1ccc(C(=O)N/N=C/c2ccc(OCc3ccc(Cl)cc3)c(OCC)c2)cc1OCC. The number of hydrogen-bond donors (Lipinski definition) is 1. The monoisotopic (exact) mass is 508 g/mol. The Bertz CT molecular complexity index is 1200. The van der Waals surface area contributed by atoms with Crippen molar-refractivity contribution in [3.05, 3.63) is 95.0 Å². The maximum atomic E-state index is 12.6. The number of ether oxygens (including phenoxy) is 4. The van der Waals surface area contributed by atoms with Crippen LogP contribution in [0.1, 0.15) is 35.3 Å². The summed E-state index contributed by atoms with van der Waals surface area (Å²) in [6, 6.07) is 17.8. The van der Waals surface area contributed by atoms with Gasteiger partial charge in [0.15, 0.2) is 23.0 Å². The van der Waals surface area contributed by atoms with Crippen LogP contribution in [0.25, 0.3) is 0 Å². The Balaban J connectivity index is 1.65. The molecule has 3 rings (SSSR count). The van der Waals surface area contributed by atoms with Gasteiger partial charge in [-0.15, -0.1) is 0 Å². The first kappa shape index (κ1) is 26.6. The molecule has 0 aliphatic heterocycles. The van der Waals surface area contributed by atoms with Crippen molar-refractivity contribution in [1.82, 2.24) is 5.43 Å². The number of carbonyl (C=O) groups excluding carboxylic acids is 1. The molecule has 0 aliphatic carbocycles. The van der Waals surface area contributed by atoms with Gasteiger partial charge in [0.2, 0.25) is 0 Å². The molecule has 0 saturated heterocycles. The van der Waals surface area contributed by atoms with E-state index in [4.69, 9.17) is 30.5 Å². The number of carbonyl (C=O) groups is 1. The average Bonchev–Trinajstić information content (AvgIpc) is 2.88. The molecule has 0 unspecified atom stereocenters. The van der Waals surface area contributed by atoms with Gasteiger partial charge in [0.1, 0.15) is 13.2 Å². The zero-order valence-electron chi connectivity index (χ0n) is 20.3. The molecule has 7 nitrogen and oxygen atoms in total. The normalized spacial score (nSPS) is 10.6. The summed E-state index contributed by atoms with van der Waals surface area (Å²) in [5.74, 6) is 1.83. The van der Waals surface area contributed by atoms with Crippen LogP contribution < -0.4 is 24.4 Å². The van der Waals surface area contributed by atoms with E-state index in [1.54, 1.807) is 36.4 Å². The number of amides is 1. The summed E-state index contributed by atoms with van der Waals surface area (Å²) in [5.41, 5.74) is 4.65. The summed E-state index contributed by atoms with van der Waals surface area (Å²) < 4.78 is 22.8. The first-order valence-electron chi connectivity index (χ1n) is 11.5. The standard InChI is InChI=1S/C28H29ClN2O5/c1-4-15-35-24-14-10-22(17-27(24)34-6-3)28(32)31-30-18-21-9-13-25(26(16-21)33-5-2)36-19-20-7-11-23(29)12-8-20/h4,7-14,16-18H,1,5-6,15,19H2,2-3H3,(H,31,32)/b30-18+. The van der Waals surface area contributed by atoms with Crippen molar-refractivity contribution in [3.63, 3.8) is 0 Å². The Hall–Kier alpha value is -3.97. The maximum absolute atomic E-state index is 12.6. The fourth-order valence-electron chi connectivity index (χ4n) is 3.15. The minimum Gasteiger partial charge on any atom is -0.490 e. The fraction of sp³-hybridized carbons (Fsp3) is 0.214. The molecule has 0 aromatic heterocycles. The van der Waals surface area contributed by atoms with Crippen LogP contribution in [-0.2, 0) is 6.61 Å². The van der Waals surface area contributed by atoms with Crippen LogP contribution in [-0.4, -0.2) is 31.9 Å². The summed E-state index contributed by atoms with van der Waals surface area (Å²) in [5, 5.41) is 4.75. The lowest BCUT2D eigenvalue weighted by Gasteiger charge is -2.13. The van der Waals surface area contributed by atoms with Crippen LogP contribution in [0, 0.1) is 0 Å².